The molecule has 0 unspecified atom stereocenters. The van der Waals surface area contributed by atoms with E-state index in [4.69, 9.17) is 0 Å². The van der Waals surface area contributed by atoms with Crippen molar-refractivity contribution in [3.8, 4) is 0 Å². The molecule has 0 amide bonds. The summed E-state index contributed by atoms with van der Waals surface area (Å²) >= 11 is 0. The van der Waals surface area contributed by atoms with Gasteiger partial charge in [-0.2, -0.15) is 0 Å². The van der Waals surface area contributed by atoms with E-state index < -0.39 is 0 Å². The van der Waals surface area contributed by atoms with Crippen LogP contribution < -0.4 is 0 Å². The Bertz CT molecular complexity index is 834. The molecule has 32 heavy (non-hydrogen) atoms. The molecule has 4 nitrogen and oxygen atoms in total. The van der Waals surface area contributed by atoms with Crippen molar-refractivity contribution in [2.75, 3.05) is 13.6 Å². The van der Waals surface area contributed by atoms with E-state index >= 15 is 0 Å². The molecule has 4 aliphatic carbocycles. The molecule has 1 saturated carbocycles. The van der Waals surface area contributed by atoms with Crippen LogP contribution in [0.15, 0.2) is 22.8 Å². The summed E-state index contributed by atoms with van der Waals surface area (Å²) in [6.07, 6.45) is 8.10. The molecule has 178 valence electrons. The van der Waals surface area contributed by atoms with Crippen molar-refractivity contribution in [1.82, 2.24) is 4.90 Å². The quantitative estimate of drug-likeness (QED) is 0.668. The lowest BCUT2D eigenvalue weighted by Gasteiger charge is -2.49. The van der Waals surface area contributed by atoms with Crippen molar-refractivity contribution in [2.24, 2.45) is 40.9 Å². The number of aliphatic hydroxyl groups is 2. The fourth-order valence-corrected chi connectivity index (χ4v) is 8.89. The summed E-state index contributed by atoms with van der Waals surface area (Å²) in [4.78, 5) is 15.5. The SMILES string of the molecule is C[C@@H]1C[C@@H](O)[C@H]([C@H](C)[C@H]2CCC3=C(C[C@H]4C3=CC(=O)[C@H]3C[C@@H](O)CC[C@@]34C)[C@H]2C)N(C)C1. The highest BCUT2D eigenvalue weighted by Gasteiger charge is 2.55. The van der Waals surface area contributed by atoms with E-state index in [2.05, 4.69) is 39.6 Å². The molecular weight excluding hydrogens is 398 g/mol. The van der Waals surface area contributed by atoms with Gasteiger partial charge >= 0.3 is 0 Å². The summed E-state index contributed by atoms with van der Waals surface area (Å²) in [7, 11) is 2.19. The summed E-state index contributed by atoms with van der Waals surface area (Å²) in [5, 5.41) is 21.2. The summed E-state index contributed by atoms with van der Waals surface area (Å²) in [5.74, 6) is 2.79. The molecule has 5 aliphatic rings. The first kappa shape index (κ1) is 22.8. The number of rotatable bonds is 2. The monoisotopic (exact) mass is 441 g/mol. The summed E-state index contributed by atoms with van der Waals surface area (Å²) in [5.41, 5.74) is 4.44. The Labute approximate surface area is 194 Å². The number of allylic oxidation sites excluding steroid dienone is 4. The Hall–Kier alpha value is -0.970. The third-order valence-electron chi connectivity index (χ3n) is 10.6. The van der Waals surface area contributed by atoms with E-state index in [9.17, 15) is 15.0 Å². The van der Waals surface area contributed by atoms with Crippen LogP contribution in [0.1, 0.15) is 72.6 Å². The fourth-order valence-electron chi connectivity index (χ4n) is 8.89. The van der Waals surface area contributed by atoms with Crippen LogP contribution >= 0.6 is 0 Å². The predicted octanol–water partition coefficient (Wildman–Crippen LogP) is 4.36. The van der Waals surface area contributed by atoms with E-state index in [0.29, 0.717) is 36.0 Å². The smallest absolute Gasteiger partial charge is 0.159 e. The molecule has 4 heteroatoms. The number of likely N-dealkylation sites (tertiary alicyclic amines) is 1. The number of fused-ring (bicyclic) bond motifs is 4. The van der Waals surface area contributed by atoms with Crippen LogP contribution in [0.5, 0.6) is 0 Å². The maximum atomic E-state index is 13.1. The van der Waals surface area contributed by atoms with Crippen molar-refractivity contribution in [3.63, 3.8) is 0 Å². The van der Waals surface area contributed by atoms with Gasteiger partial charge in [0.15, 0.2) is 5.78 Å². The molecule has 1 aliphatic heterocycles. The highest BCUT2D eigenvalue weighted by atomic mass is 16.3. The molecule has 0 aromatic carbocycles. The number of hydrogen-bond acceptors (Lipinski definition) is 4. The minimum Gasteiger partial charge on any atom is -0.393 e. The number of carbonyl (C=O) groups excluding carboxylic acids is 1. The number of hydrogen-bond donors (Lipinski definition) is 2. The maximum absolute atomic E-state index is 13.1. The average molecular weight is 442 g/mol. The zero-order chi connectivity index (χ0) is 22.9. The molecule has 0 radical (unpaired) electrons. The number of ketones is 1. The lowest BCUT2D eigenvalue weighted by Crippen LogP contribution is -2.54. The Balaban J connectivity index is 1.40. The van der Waals surface area contributed by atoms with Gasteiger partial charge in [0.1, 0.15) is 0 Å². The number of piperidine rings is 1. The van der Waals surface area contributed by atoms with Crippen molar-refractivity contribution in [2.45, 2.75) is 90.9 Å². The number of nitrogens with zero attached hydrogens (tertiary/aromatic N) is 1. The second kappa shape index (κ2) is 8.06. The molecule has 2 N–H and O–H groups in total. The van der Waals surface area contributed by atoms with E-state index in [0.717, 1.165) is 45.1 Å². The van der Waals surface area contributed by atoms with Crippen LogP contribution in [-0.4, -0.2) is 52.7 Å². The standard InChI is InChI=1S/C28H43NO3/c1-15-10-26(32)27(29(5)14-15)17(3)19-6-7-20-21(16(19)2)12-23-22(20)13-25(31)24-11-18(30)8-9-28(23,24)4/h13,15-19,23-24,26-27,30,32H,6-12,14H2,1-5H3/t15-,16+,17-,18+,19+,23+,24-,26-,27+,28-/m1/s1. The van der Waals surface area contributed by atoms with Gasteiger partial charge in [-0.15, -0.1) is 0 Å². The second-order valence-corrected chi connectivity index (χ2v) is 12.4. The predicted molar refractivity (Wildman–Crippen MR) is 127 cm³/mol. The van der Waals surface area contributed by atoms with Gasteiger partial charge in [0.25, 0.3) is 0 Å². The number of aliphatic hydroxyl groups excluding tert-OH is 2. The van der Waals surface area contributed by atoms with Gasteiger partial charge in [-0.25, -0.2) is 0 Å². The molecule has 2 fully saturated rings. The minimum absolute atomic E-state index is 0.00547. The maximum Gasteiger partial charge on any atom is 0.159 e. The normalized spacial score (nSPS) is 48.1. The third kappa shape index (κ3) is 3.39. The highest BCUT2D eigenvalue weighted by molar-refractivity contribution is 5.95. The number of likely N-dealkylation sites (N-methyl/N-ethyl adjacent to an activating group) is 1. The zero-order valence-electron chi connectivity index (χ0n) is 20.7. The van der Waals surface area contributed by atoms with E-state index in [-0.39, 0.29) is 35.4 Å². The first-order valence-electron chi connectivity index (χ1n) is 13.2. The summed E-state index contributed by atoms with van der Waals surface area (Å²) in [6, 6.07) is 0.243. The first-order chi connectivity index (χ1) is 15.1. The average Bonchev–Trinajstić information content (AvgIpc) is 3.09. The molecule has 0 aromatic heterocycles. The van der Waals surface area contributed by atoms with Gasteiger partial charge in [-0.1, -0.05) is 33.3 Å². The zero-order valence-corrected chi connectivity index (χ0v) is 20.7. The van der Waals surface area contributed by atoms with Crippen molar-refractivity contribution >= 4 is 5.78 Å². The Morgan fingerprint density at radius 2 is 1.91 bits per heavy atom. The molecule has 5 rings (SSSR count). The first-order valence-corrected chi connectivity index (χ1v) is 13.2. The van der Waals surface area contributed by atoms with Gasteiger partial charge in [0, 0.05) is 18.5 Å². The van der Waals surface area contributed by atoms with Crippen LogP contribution in [0, 0.1) is 40.9 Å². The Morgan fingerprint density at radius 1 is 1.16 bits per heavy atom. The topological polar surface area (TPSA) is 60.8 Å². The van der Waals surface area contributed by atoms with Gasteiger partial charge in [0.2, 0.25) is 0 Å². The Morgan fingerprint density at radius 3 is 2.62 bits per heavy atom. The minimum atomic E-state index is -0.318. The fraction of sp³-hybridized carbons (Fsp3) is 0.821. The summed E-state index contributed by atoms with van der Waals surface area (Å²) < 4.78 is 0. The van der Waals surface area contributed by atoms with Crippen LogP contribution in [0.2, 0.25) is 0 Å². The third-order valence-corrected chi connectivity index (χ3v) is 10.6. The molecule has 0 spiro atoms. The van der Waals surface area contributed by atoms with Crippen molar-refractivity contribution in [3.05, 3.63) is 22.8 Å². The van der Waals surface area contributed by atoms with E-state index in [1.165, 1.54) is 11.1 Å². The van der Waals surface area contributed by atoms with E-state index in [1.807, 2.05) is 6.08 Å². The van der Waals surface area contributed by atoms with Crippen LogP contribution in [0.3, 0.4) is 0 Å². The summed E-state index contributed by atoms with van der Waals surface area (Å²) in [6.45, 7) is 10.4. The second-order valence-electron chi connectivity index (χ2n) is 12.4. The van der Waals surface area contributed by atoms with Crippen LogP contribution in [-0.2, 0) is 4.79 Å². The van der Waals surface area contributed by atoms with Gasteiger partial charge < -0.3 is 15.1 Å². The van der Waals surface area contributed by atoms with Crippen molar-refractivity contribution in [1.29, 1.82) is 0 Å². The Kier molecular flexibility index (Phi) is 5.74. The van der Waals surface area contributed by atoms with Gasteiger partial charge in [0.05, 0.1) is 12.2 Å². The lowest BCUT2D eigenvalue weighted by molar-refractivity contribution is -0.130. The number of carbonyl (C=O) groups is 1. The van der Waals surface area contributed by atoms with E-state index in [1.54, 1.807) is 5.57 Å². The molecule has 0 aromatic rings. The van der Waals surface area contributed by atoms with Gasteiger partial charge in [-0.3, -0.25) is 4.79 Å². The molecule has 1 saturated heterocycles. The van der Waals surface area contributed by atoms with Gasteiger partial charge in [-0.05, 0) is 104 Å². The lowest BCUT2D eigenvalue weighted by atomic mass is 9.54. The molecule has 1 heterocycles. The van der Waals surface area contributed by atoms with Crippen LogP contribution in [0.25, 0.3) is 0 Å². The highest BCUT2D eigenvalue weighted by Crippen LogP contribution is 2.61. The molecule has 10 atom stereocenters. The van der Waals surface area contributed by atoms with Crippen LogP contribution in [0.4, 0.5) is 0 Å². The van der Waals surface area contributed by atoms with Crippen molar-refractivity contribution < 1.29 is 15.0 Å². The molecular formula is C28H43NO3. The molecule has 0 bridgehead atoms. The largest absolute Gasteiger partial charge is 0.393 e.